The van der Waals surface area contributed by atoms with Crippen LogP contribution in [0.3, 0.4) is 0 Å². The molecule has 0 unspecified atom stereocenters. The predicted molar refractivity (Wildman–Crippen MR) is 112 cm³/mol. The van der Waals surface area contributed by atoms with E-state index in [1.165, 1.54) is 31.5 Å². The Morgan fingerprint density at radius 2 is 1.94 bits per heavy atom. The minimum Gasteiger partial charge on any atom is -0.390 e. The number of nitrogens with zero attached hydrogens (tertiary/aromatic N) is 6. The minimum atomic E-state index is -4.55. The molecule has 1 fully saturated rings. The molecule has 0 aromatic carbocycles. The number of piperidine rings is 1. The number of pyridine rings is 1. The van der Waals surface area contributed by atoms with E-state index in [9.17, 15) is 27.8 Å². The number of aliphatic hydroxyl groups excluding tert-OH is 2. The zero-order valence-corrected chi connectivity index (χ0v) is 17.8. The van der Waals surface area contributed by atoms with Crippen molar-refractivity contribution in [3.05, 3.63) is 30.4 Å². The lowest BCUT2D eigenvalue weighted by molar-refractivity contribution is -0.163. The van der Waals surface area contributed by atoms with Crippen molar-refractivity contribution in [2.75, 3.05) is 23.3 Å². The first-order chi connectivity index (χ1) is 15.5. The zero-order chi connectivity index (χ0) is 23.9. The molecule has 4 atom stereocenters. The molecule has 33 heavy (non-hydrogen) atoms. The Bertz CT molecular complexity index is 1140. The molecule has 178 valence electrons. The highest BCUT2D eigenvalue weighted by atomic mass is 19.4. The van der Waals surface area contributed by atoms with E-state index in [0.29, 0.717) is 12.4 Å². The summed E-state index contributed by atoms with van der Waals surface area (Å²) in [6, 6.07) is 1.02. The van der Waals surface area contributed by atoms with Crippen molar-refractivity contribution >= 4 is 28.6 Å². The van der Waals surface area contributed by atoms with Crippen molar-refractivity contribution in [1.82, 2.24) is 24.5 Å². The van der Waals surface area contributed by atoms with Crippen LogP contribution in [-0.2, 0) is 0 Å². The maximum absolute atomic E-state index is 13.9. The quantitative estimate of drug-likeness (QED) is 0.489. The molecule has 13 heteroatoms. The summed E-state index contributed by atoms with van der Waals surface area (Å²) in [6.45, 7) is 2.67. The van der Waals surface area contributed by atoms with Gasteiger partial charge in [0.25, 0.3) is 0 Å². The van der Waals surface area contributed by atoms with Crippen LogP contribution in [0.4, 0.5) is 35.1 Å². The molecule has 0 bridgehead atoms. The van der Waals surface area contributed by atoms with Crippen LogP contribution in [0.25, 0.3) is 11.0 Å². The number of rotatable bonds is 5. The highest BCUT2D eigenvalue weighted by molar-refractivity contribution is 5.79. The van der Waals surface area contributed by atoms with Crippen LogP contribution >= 0.6 is 0 Å². The molecular formula is C20H23F4N7O2. The fourth-order valence-corrected chi connectivity index (χ4v) is 3.71. The van der Waals surface area contributed by atoms with Gasteiger partial charge in [0.05, 0.1) is 24.4 Å². The number of aromatic nitrogens is 5. The smallest absolute Gasteiger partial charge is 0.390 e. The van der Waals surface area contributed by atoms with Crippen LogP contribution in [-0.4, -0.2) is 66.3 Å². The first-order valence-corrected chi connectivity index (χ1v) is 10.3. The second kappa shape index (κ2) is 8.71. The number of anilines is 3. The molecule has 3 aromatic rings. The summed E-state index contributed by atoms with van der Waals surface area (Å²) >= 11 is 0. The minimum absolute atomic E-state index is 0.0501. The third kappa shape index (κ3) is 4.69. The summed E-state index contributed by atoms with van der Waals surface area (Å²) < 4.78 is 55.3. The third-order valence-corrected chi connectivity index (χ3v) is 5.53. The topological polar surface area (TPSA) is 112 Å². The van der Waals surface area contributed by atoms with Crippen LogP contribution < -0.4 is 10.2 Å². The van der Waals surface area contributed by atoms with Gasteiger partial charge < -0.3 is 25.0 Å². The lowest BCUT2D eigenvalue weighted by atomic mass is 10.1. The summed E-state index contributed by atoms with van der Waals surface area (Å²) in [6.07, 6.45) is -5.19. The first kappa shape index (κ1) is 23.1. The molecule has 9 nitrogen and oxygen atoms in total. The van der Waals surface area contributed by atoms with E-state index in [4.69, 9.17) is 0 Å². The molecule has 0 saturated carbocycles. The second-order valence-corrected chi connectivity index (χ2v) is 7.98. The molecule has 3 aromatic heterocycles. The lowest BCUT2D eigenvalue weighted by Gasteiger charge is -2.32. The molecule has 0 aliphatic carbocycles. The van der Waals surface area contributed by atoms with E-state index in [-0.39, 0.29) is 41.6 Å². The number of hydrogen-bond acceptors (Lipinski definition) is 8. The summed E-state index contributed by atoms with van der Waals surface area (Å²) in [5, 5.41) is 22.5. The number of halogens is 4. The van der Waals surface area contributed by atoms with Crippen molar-refractivity contribution in [3.8, 4) is 0 Å². The largest absolute Gasteiger partial charge is 0.408 e. The third-order valence-electron chi connectivity index (χ3n) is 5.53. The lowest BCUT2D eigenvalue weighted by Crippen LogP contribution is -2.45. The van der Waals surface area contributed by atoms with Gasteiger partial charge in [-0.15, -0.1) is 0 Å². The Morgan fingerprint density at radius 3 is 2.61 bits per heavy atom. The van der Waals surface area contributed by atoms with Gasteiger partial charge in [-0.25, -0.2) is 19.3 Å². The van der Waals surface area contributed by atoms with Crippen LogP contribution in [0.5, 0.6) is 0 Å². The molecule has 3 N–H and O–H groups in total. The number of aliphatic hydroxyl groups is 2. The summed E-state index contributed by atoms with van der Waals surface area (Å²) in [7, 11) is 0. The normalized spacial score (nSPS) is 21.3. The van der Waals surface area contributed by atoms with E-state index in [2.05, 4.69) is 25.3 Å². The van der Waals surface area contributed by atoms with Gasteiger partial charge in [-0.1, -0.05) is 0 Å². The van der Waals surface area contributed by atoms with E-state index in [1.54, 1.807) is 4.90 Å². The standard InChI is InChI=1S/C20H23F4N7O2/c1-10(32)18-27-13-8-26-17(7-14(13)31(18)11(2)20(22,23)24)28-16-3-5-25-19(29-16)30-6-4-15(33)12(21)9-30/h3,5,7-8,10-12,15,32-33H,4,6,9H2,1-2H3,(H,25,26,28,29)/t10-,11+,12-,15+/m1/s1. The maximum atomic E-state index is 13.9. The van der Waals surface area contributed by atoms with Gasteiger partial charge in [-0.05, 0) is 26.3 Å². The van der Waals surface area contributed by atoms with Gasteiger partial charge in [0.15, 0.2) is 0 Å². The fraction of sp³-hybridized carbons (Fsp3) is 0.500. The van der Waals surface area contributed by atoms with Gasteiger partial charge in [-0.2, -0.15) is 18.2 Å². The molecule has 4 heterocycles. The van der Waals surface area contributed by atoms with Gasteiger partial charge in [0, 0.05) is 18.8 Å². The summed E-state index contributed by atoms with van der Waals surface area (Å²) in [5.74, 6) is 0.644. The zero-order valence-electron chi connectivity index (χ0n) is 17.8. The van der Waals surface area contributed by atoms with Crippen molar-refractivity contribution in [1.29, 1.82) is 0 Å². The van der Waals surface area contributed by atoms with Crippen molar-refractivity contribution in [3.63, 3.8) is 0 Å². The molecule has 0 spiro atoms. The second-order valence-electron chi connectivity index (χ2n) is 7.98. The molecular weight excluding hydrogens is 446 g/mol. The molecule has 4 rings (SSSR count). The van der Waals surface area contributed by atoms with Crippen LogP contribution in [0.1, 0.15) is 38.2 Å². The van der Waals surface area contributed by atoms with E-state index >= 15 is 0 Å². The Balaban J connectivity index is 1.65. The van der Waals surface area contributed by atoms with Gasteiger partial charge in [-0.3, -0.25) is 0 Å². The van der Waals surface area contributed by atoms with Crippen LogP contribution in [0.15, 0.2) is 24.5 Å². The molecule has 1 saturated heterocycles. The Labute approximate surface area is 186 Å². The van der Waals surface area contributed by atoms with Gasteiger partial charge >= 0.3 is 6.18 Å². The monoisotopic (exact) mass is 469 g/mol. The van der Waals surface area contributed by atoms with Crippen molar-refractivity contribution in [2.24, 2.45) is 0 Å². The Morgan fingerprint density at radius 1 is 1.18 bits per heavy atom. The van der Waals surface area contributed by atoms with Crippen LogP contribution in [0.2, 0.25) is 0 Å². The van der Waals surface area contributed by atoms with Gasteiger partial charge in [0.1, 0.15) is 41.3 Å². The molecule has 1 aliphatic rings. The summed E-state index contributed by atoms with van der Waals surface area (Å²) in [5.41, 5.74) is 0.351. The Kier molecular flexibility index (Phi) is 6.10. The average molecular weight is 469 g/mol. The van der Waals surface area contributed by atoms with Crippen molar-refractivity contribution in [2.45, 2.75) is 50.9 Å². The maximum Gasteiger partial charge on any atom is 0.408 e. The van der Waals surface area contributed by atoms with E-state index in [0.717, 1.165) is 11.5 Å². The van der Waals surface area contributed by atoms with Crippen LogP contribution in [0, 0.1) is 0 Å². The molecule has 0 radical (unpaired) electrons. The van der Waals surface area contributed by atoms with E-state index < -0.39 is 30.6 Å². The molecule has 0 amide bonds. The predicted octanol–water partition coefficient (Wildman–Crippen LogP) is 3.05. The molecule has 1 aliphatic heterocycles. The highest BCUT2D eigenvalue weighted by Gasteiger charge is 2.40. The number of fused-ring (bicyclic) bond motifs is 1. The first-order valence-electron chi connectivity index (χ1n) is 10.3. The number of imidazole rings is 1. The van der Waals surface area contributed by atoms with E-state index in [1.807, 2.05) is 0 Å². The fourth-order valence-electron chi connectivity index (χ4n) is 3.71. The number of nitrogens with one attached hydrogen (secondary N) is 1. The van der Waals surface area contributed by atoms with Gasteiger partial charge in [0.2, 0.25) is 5.95 Å². The van der Waals surface area contributed by atoms with Crippen molar-refractivity contribution < 1.29 is 27.8 Å². The Hall–Kier alpha value is -3.06. The highest BCUT2D eigenvalue weighted by Crippen LogP contribution is 2.36. The average Bonchev–Trinajstić information content (AvgIpc) is 3.13. The summed E-state index contributed by atoms with van der Waals surface area (Å²) in [4.78, 5) is 18.4. The number of alkyl halides is 4. The SMILES string of the molecule is C[C@H](n1c([C@@H](C)O)nc2cnc(Nc3ccnc(N4CC[C@H](O)[C@H](F)C4)n3)cc21)C(F)(F)F. The number of hydrogen-bond donors (Lipinski definition) is 3.